The molecule has 0 aliphatic carbocycles. The predicted octanol–water partition coefficient (Wildman–Crippen LogP) is -0.376. The van der Waals surface area contributed by atoms with E-state index in [0.29, 0.717) is 5.04 Å². The van der Waals surface area contributed by atoms with E-state index in [4.69, 9.17) is 5.10 Å². The molecule has 0 bridgehead atoms. The van der Waals surface area contributed by atoms with Gasteiger partial charge in [0.25, 0.3) is 0 Å². The van der Waals surface area contributed by atoms with Crippen molar-refractivity contribution in [1.29, 1.82) is 0 Å². The summed E-state index contributed by atoms with van der Waals surface area (Å²) in [6.45, 7) is 25.3. The van der Waals surface area contributed by atoms with Gasteiger partial charge in [0, 0.05) is 22.7 Å². The number of halogens is 2. The third-order valence-electron chi connectivity index (χ3n) is 4.84. The van der Waals surface area contributed by atoms with E-state index >= 15 is 0 Å². The number of hydrogen-bond donors (Lipinski definition) is 0. The van der Waals surface area contributed by atoms with Crippen molar-refractivity contribution in [2.24, 2.45) is 0 Å². The first kappa shape index (κ1) is 30.1. The summed E-state index contributed by atoms with van der Waals surface area (Å²) < 4.78 is 2.11. The minimum Gasteiger partial charge on any atom is -1.00 e. The monoisotopic (exact) mass is 459 g/mol. The second-order valence-electron chi connectivity index (χ2n) is 10.1. The van der Waals surface area contributed by atoms with Crippen molar-refractivity contribution in [2.75, 3.05) is 0 Å². The van der Waals surface area contributed by atoms with E-state index in [9.17, 15) is 0 Å². The first-order valence-corrected chi connectivity index (χ1v) is 11.4. The van der Waals surface area contributed by atoms with Gasteiger partial charge in [-0.1, -0.05) is 81.1 Å². The molecule has 0 amide bonds. The molecule has 0 aliphatic rings. The van der Waals surface area contributed by atoms with Crippen LogP contribution in [-0.4, -0.2) is 37.6 Å². The van der Waals surface area contributed by atoms with Crippen molar-refractivity contribution >= 4 is 34.1 Å². The fourth-order valence-corrected chi connectivity index (χ4v) is 2.96. The molecule has 0 spiro atoms. The Hall–Kier alpha value is 0.383. The maximum Gasteiger partial charge on any atom is 3.00 e. The Kier molecular flexibility index (Phi) is 11.5. The Bertz CT molecular complexity index is 559. The molecule has 1 aromatic rings. The SMILES string of the molecule is CC(C)(C)c1cc(C(C)(C)C)n(/C=C/[Si](C)(C)C(C)(C)C)n1.[Cl-].[Cl-].[Ga+3]. The summed E-state index contributed by atoms with van der Waals surface area (Å²) in [5.41, 5.74) is 5.05. The second kappa shape index (κ2) is 9.54. The normalized spacial score (nSPS) is 13.1. The van der Waals surface area contributed by atoms with Crippen LogP contribution in [0.4, 0.5) is 0 Å². The van der Waals surface area contributed by atoms with Crippen LogP contribution < -0.4 is 24.8 Å². The van der Waals surface area contributed by atoms with Crippen LogP contribution in [0.2, 0.25) is 18.1 Å². The van der Waals surface area contributed by atoms with Gasteiger partial charge < -0.3 is 24.8 Å². The Labute approximate surface area is 182 Å². The molecule has 0 saturated heterocycles. The molecule has 0 atom stereocenters. The van der Waals surface area contributed by atoms with Crippen molar-refractivity contribution in [3.05, 3.63) is 23.2 Å². The summed E-state index contributed by atoms with van der Waals surface area (Å²) in [7, 11) is -1.45. The van der Waals surface area contributed by atoms with Gasteiger partial charge in [0.05, 0.1) is 13.8 Å². The van der Waals surface area contributed by atoms with Crippen molar-refractivity contribution in [2.45, 2.75) is 91.3 Å². The van der Waals surface area contributed by atoms with Crippen LogP contribution in [-0.2, 0) is 10.8 Å². The average molecular weight is 461 g/mol. The molecule has 6 heteroatoms. The molecule has 0 aliphatic heterocycles. The zero-order valence-corrected chi connectivity index (χ0v) is 22.9. The maximum atomic E-state index is 4.89. The first-order valence-electron chi connectivity index (χ1n) is 8.35. The zero-order valence-electron chi connectivity index (χ0n) is 18.0. The summed E-state index contributed by atoms with van der Waals surface area (Å²) in [5.74, 6) is 0. The summed E-state index contributed by atoms with van der Waals surface area (Å²) >= 11 is 0. The predicted molar refractivity (Wildman–Crippen MR) is 108 cm³/mol. The fourth-order valence-electron chi connectivity index (χ4n) is 1.94. The first-order chi connectivity index (χ1) is 9.56. The molecule has 142 valence electrons. The van der Waals surface area contributed by atoms with Crippen molar-refractivity contribution in [3.63, 3.8) is 0 Å². The van der Waals surface area contributed by atoms with E-state index in [1.807, 2.05) is 0 Å². The van der Waals surface area contributed by atoms with E-state index in [0.717, 1.165) is 5.69 Å². The number of aromatic nitrogens is 2. The van der Waals surface area contributed by atoms with Gasteiger partial charge in [-0.25, -0.2) is 4.68 Å². The van der Waals surface area contributed by atoms with Gasteiger partial charge in [0.15, 0.2) is 0 Å². The molecule has 1 heterocycles. The van der Waals surface area contributed by atoms with E-state index in [2.05, 4.69) is 98.1 Å². The Morgan fingerprint density at radius 3 is 1.64 bits per heavy atom. The van der Waals surface area contributed by atoms with E-state index in [1.54, 1.807) is 0 Å². The van der Waals surface area contributed by atoms with E-state index in [-0.39, 0.29) is 55.4 Å². The zero-order chi connectivity index (χ0) is 17.6. The minimum absolute atomic E-state index is 0. The van der Waals surface area contributed by atoms with Crippen LogP contribution in [0.15, 0.2) is 11.8 Å². The van der Waals surface area contributed by atoms with Gasteiger partial charge in [0.2, 0.25) is 0 Å². The molecule has 1 rings (SSSR count). The molecule has 0 aromatic carbocycles. The molecule has 0 unspecified atom stereocenters. The molecule has 0 saturated carbocycles. The average Bonchev–Trinajstić information content (AvgIpc) is 2.67. The maximum absolute atomic E-state index is 4.89. The van der Waals surface area contributed by atoms with Crippen LogP contribution in [0.25, 0.3) is 6.20 Å². The summed E-state index contributed by atoms with van der Waals surface area (Å²) in [4.78, 5) is 0. The number of rotatable bonds is 2. The number of nitrogens with zero attached hydrogens (tertiary/aromatic N) is 2. The Morgan fingerprint density at radius 2 is 1.32 bits per heavy atom. The van der Waals surface area contributed by atoms with Crippen LogP contribution in [0.1, 0.15) is 73.7 Å². The third-order valence-corrected chi connectivity index (χ3v) is 9.69. The summed E-state index contributed by atoms with van der Waals surface area (Å²) in [6.07, 6.45) is 2.22. The topological polar surface area (TPSA) is 17.8 Å². The molecule has 2 nitrogen and oxygen atoms in total. The third kappa shape index (κ3) is 7.88. The van der Waals surface area contributed by atoms with Crippen LogP contribution in [0, 0.1) is 0 Å². The van der Waals surface area contributed by atoms with Crippen molar-refractivity contribution in [1.82, 2.24) is 9.78 Å². The Balaban J connectivity index is -0.00000161. The molecular weight excluding hydrogens is 425 g/mol. The van der Waals surface area contributed by atoms with Gasteiger partial charge in [0.1, 0.15) is 0 Å². The fraction of sp³-hybridized carbons (Fsp3) is 0.737. The van der Waals surface area contributed by atoms with Gasteiger partial charge in [-0.05, 0) is 11.1 Å². The quantitative estimate of drug-likeness (QED) is 0.550. The van der Waals surface area contributed by atoms with Gasteiger partial charge in [-0.2, -0.15) is 5.10 Å². The smallest absolute Gasteiger partial charge is 1.00 e. The molecule has 0 radical (unpaired) electrons. The van der Waals surface area contributed by atoms with Gasteiger partial charge in [-0.15, -0.1) is 0 Å². The van der Waals surface area contributed by atoms with E-state index < -0.39 is 8.07 Å². The van der Waals surface area contributed by atoms with E-state index in [1.165, 1.54) is 5.69 Å². The van der Waals surface area contributed by atoms with Crippen LogP contribution in [0.5, 0.6) is 0 Å². The molecule has 1 aromatic heterocycles. The largest absolute Gasteiger partial charge is 3.00 e. The van der Waals surface area contributed by atoms with Gasteiger partial charge >= 0.3 is 19.8 Å². The molecule has 0 N–H and O–H groups in total. The molecule has 0 fully saturated rings. The summed E-state index contributed by atoms with van der Waals surface area (Å²) in [6, 6.07) is 2.27. The molecule has 25 heavy (non-hydrogen) atoms. The van der Waals surface area contributed by atoms with Crippen LogP contribution >= 0.6 is 0 Å². The second-order valence-corrected chi connectivity index (χ2v) is 15.4. The number of hydrogen-bond acceptors (Lipinski definition) is 1. The molecular formula is C19H36Cl2GaN2Si+. The minimum atomic E-state index is -1.45. The van der Waals surface area contributed by atoms with Gasteiger partial charge in [-0.3, -0.25) is 0 Å². The summed E-state index contributed by atoms with van der Waals surface area (Å²) in [5, 5.41) is 5.24. The standard InChI is InChI=1S/C19H36N2Si.2ClH.Ga/c1-17(2,3)15-14-16(18(4,5)6)21(20-15)12-13-22(10,11)19(7,8)9;;;/h12-14H,1-11H3;2*1H;/q;;;+3/p-2/b13-12+;;;. The Morgan fingerprint density at radius 1 is 0.880 bits per heavy atom. The van der Waals surface area contributed by atoms with Crippen LogP contribution in [0.3, 0.4) is 0 Å². The van der Waals surface area contributed by atoms with Crippen molar-refractivity contribution < 1.29 is 24.8 Å². The van der Waals surface area contributed by atoms with Crippen molar-refractivity contribution in [3.8, 4) is 0 Å².